The minimum absolute atomic E-state index is 0.0430. The molecule has 0 amide bonds. The second kappa shape index (κ2) is 7.21. The highest BCUT2D eigenvalue weighted by atomic mass is 79.9. The normalized spacial score (nSPS) is 11.0. The van der Waals surface area contributed by atoms with E-state index < -0.39 is 0 Å². The lowest BCUT2D eigenvalue weighted by atomic mass is 10.1. The van der Waals surface area contributed by atoms with Crippen molar-refractivity contribution in [2.75, 3.05) is 0 Å². The number of carbonyl (C=O) groups excluding carboxylic acids is 1. The molecule has 5 heteroatoms. The Kier molecular flexibility index (Phi) is 5.06. The zero-order valence-electron chi connectivity index (χ0n) is 11.9. The summed E-state index contributed by atoms with van der Waals surface area (Å²) in [4.78, 5) is 16.6. The van der Waals surface area contributed by atoms with Crippen LogP contribution >= 0.6 is 38.9 Å². The first-order valence-electron chi connectivity index (χ1n) is 6.81. The predicted molar refractivity (Wildman–Crippen MR) is 100 cm³/mol. The molecule has 1 heterocycles. The Morgan fingerprint density at radius 1 is 1.09 bits per heavy atom. The van der Waals surface area contributed by atoms with Gasteiger partial charge in [-0.1, -0.05) is 39.7 Å². The van der Waals surface area contributed by atoms with Crippen molar-refractivity contribution in [3.8, 4) is 10.6 Å². The Balaban J connectivity index is 1.74. The van der Waals surface area contributed by atoms with Crippen LogP contribution in [0.25, 0.3) is 16.6 Å². The Labute approximate surface area is 151 Å². The van der Waals surface area contributed by atoms with Crippen molar-refractivity contribution in [3.63, 3.8) is 0 Å². The predicted octanol–water partition coefficient (Wildman–Crippen LogP) is 6.12. The standard InChI is InChI=1S/C18H11BrClNOS/c19-14-5-1-12(2-6-14)17(22)10-9-16-11-23-18(21-16)13-3-7-15(20)8-4-13/h1-11H. The fourth-order valence-electron chi connectivity index (χ4n) is 1.96. The number of allylic oxidation sites excluding steroid dienone is 1. The van der Waals surface area contributed by atoms with Gasteiger partial charge in [-0.3, -0.25) is 4.79 Å². The van der Waals surface area contributed by atoms with Crippen LogP contribution in [0.15, 0.2) is 64.5 Å². The van der Waals surface area contributed by atoms with Crippen LogP contribution in [0, 0.1) is 0 Å². The number of ketones is 1. The maximum atomic E-state index is 12.1. The van der Waals surface area contributed by atoms with E-state index in [1.807, 2.05) is 41.8 Å². The van der Waals surface area contributed by atoms with Gasteiger partial charge in [0.05, 0.1) is 5.69 Å². The number of thiazole rings is 1. The van der Waals surface area contributed by atoms with Gasteiger partial charge in [0.15, 0.2) is 5.78 Å². The monoisotopic (exact) mass is 403 g/mol. The molecule has 0 aliphatic heterocycles. The van der Waals surface area contributed by atoms with E-state index in [-0.39, 0.29) is 5.78 Å². The van der Waals surface area contributed by atoms with Crippen LogP contribution in [0.4, 0.5) is 0 Å². The summed E-state index contributed by atoms with van der Waals surface area (Å²) in [5.41, 5.74) is 2.43. The van der Waals surface area contributed by atoms with Crippen LogP contribution in [-0.2, 0) is 0 Å². The lowest BCUT2D eigenvalue weighted by Gasteiger charge is -1.96. The summed E-state index contributed by atoms with van der Waals surface area (Å²) >= 11 is 10.8. The summed E-state index contributed by atoms with van der Waals surface area (Å²) < 4.78 is 0.949. The van der Waals surface area contributed by atoms with Gasteiger partial charge in [0.25, 0.3) is 0 Å². The number of hydrogen-bond acceptors (Lipinski definition) is 3. The van der Waals surface area contributed by atoms with Gasteiger partial charge < -0.3 is 0 Å². The Morgan fingerprint density at radius 3 is 2.48 bits per heavy atom. The van der Waals surface area contributed by atoms with Crippen molar-refractivity contribution in [2.45, 2.75) is 0 Å². The summed E-state index contributed by atoms with van der Waals surface area (Å²) in [7, 11) is 0. The Bertz CT molecular complexity index is 853. The van der Waals surface area contributed by atoms with E-state index in [1.54, 1.807) is 24.3 Å². The molecule has 3 aromatic rings. The molecule has 0 fully saturated rings. The molecule has 3 rings (SSSR count). The van der Waals surface area contributed by atoms with Crippen LogP contribution < -0.4 is 0 Å². The van der Waals surface area contributed by atoms with Gasteiger partial charge in [0, 0.05) is 26.0 Å². The summed E-state index contributed by atoms with van der Waals surface area (Å²) in [6.07, 6.45) is 3.28. The van der Waals surface area contributed by atoms with Gasteiger partial charge in [-0.15, -0.1) is 11.3 Å². The van der Waals surface area contributed by atoms with Crippen molar-refractivity contribution in [3.05, 3.63) is 80.7 Å². The number of hydrogen-bond donors (Lipinski definition) is 0. The minimum Gasteiger partial charge on any atom is -0.289 e. The van der Waals surface area contributed by atoms with E-state index in [9.17, 15) is 4.79 Å². The van der Waals surface area contributed by atoms with Gasteiger partial charge in [-0.2, -0.15) is 0 Å². The highest BCUT2D eigenvalue weighted by Crippen LogP contribution is 2.25. The highest BCUT2D eigenvalue weighted by Gasteiger charge is 2.05. The minimum atomic E-state index is -0.0430. The van der Waals surface area contributed by atoms with Crippen molar-refractivity contribution >= 4 is 50.7 Å². The zero-order chi connectivity index (χ0) is 16.2. The van der Waals surface area contributed by atoms with Crippen molar-refractivity contribution in [1.82, 2.24) is 4.98 Å². The molecular weight excluding hydrogens is 394 g/mol. The molecule has 2 aromatic carbocycles. The van der Waals surface area contributed by atoms with Crippen molar-refractivity contribution < 1.29 is 4.79 Å². The molecule has 0 saturated heterocycles. The topological polar surface area (TPSA) is 30.0 Å². The van der Waals surface area contributed by atoms with Gasteiger partial charge in [0.2, 0.25) is 0 Å². The number of carbonyl (C=O) groups is 1. The molecule has 0 atom stereocenters. The molecule has 0 spiro atoms. The lowest BCUT2D eigenvalue weighted by molar-refractivity contribution is 0.104. The van der Waals surface area contributed by atoms with Crippen LogP contribution in [0.2, 0.25) is 5.02 Å². The fourth-order valence-corrected chi connectivity index (χ4v) is 3.14. The van der Waals surface area contributed by atoms with Gasteiger partial charge >= 0.3 is 0 Å². The summed E-state index contributed by atoms with van der Waals surface area (Å²) in [6.45, 7) is 0. The van der Waals surface area contributed by atoms with Crippen LogP contribution in [0.5, 0.6) is 0 Å². The second-order valence-corrected chi connectivity index (χ2v) is 7.00. The first kappa shape index (κ1) is 16.1. The average Bonchev–Trinajstić information content (AvgIpc) is 3.03. The highest BCUT2D eigenvalue weighted by molar-refractivity contribution is 9.10. The largest absolute Gasteiger partial charge is 0.289 e. The molecule has 0 radical (unpaired) electrons. The SMILES string of the molecule is O=C(C=Cc1csc(-c2ccc(Cl)cc2)n1)c1ccc(Br)cc1. The molecule has 1 aromatic heterocycles. The van der Waals surface area contributed by atoms with Crippen molar-refractivity contribution in [1.29, 1.82) is 0 Å². The number of halogens is 2. The summed E-state index contributed by atoms with van der Waals surface area (Å²) in [5, 5.41) is 3.53. The molecular formula is C18H11BrClNOS. The lowest BCUT2D eigenvalue weighted by Crippen LogP contribution is -1.93. The molecule has 0 aliphatic rings. The third-order valence-electron chi connectivity index (χ3n) is 3.15. The van der Waals surface area contributed by atoms with Crippen molar-refractivity contribution in [2.24, 2.45) is 0 Å². The molecule has 0 aliphatic carbocycles. The number of aromatic nitrogens is 1. The van der Waals surface area contributed by atoms with E-state index in [0.29, 0.717) is 10.6 Å². The van der Waals surface area contributed by atoms with E-state index in [4.69, 9.17) is 11.6 Å². The molecule has 0 saturated carbocycles. The van der Waals surface area contributed by atoms with Crippen LogP contribution in [-0.4, -0.2) is 10.8 Å². The third-order valence-corrected chi connectivity index (χ3v) is 4.84. The summed E-state index contributed by atoms with van der Waals surface area (Å²) in [6, 6.07) is 14.8. The third kappa shape index (κ3) is 4.16. The quantitative estimate of drug-likeness (QED) is 0.387. The first-order chi connectivity index (χ1) is 11.1. The molecule has 23 heavy (non-hydrogen) atoms. The number of rotatable bonds is 4. The maximum absolute atomic E-state index is 12.1. The molecule has 0 bridgehead atoms. The number of nitrogens with zero attached hydrogens (tertiary/aromatic N) is 1. The van der Waals surface area contributed by atoms with Gasteiger partial charge in [-0.25, -0.2) is 4.98 Å². The average molecular weight is 405 g/mol. The maximum Gasteiger partial charge on any atom is 0.185 e. The first-order valence-corrected chi connectivity index (χ1v) is 8.86. The molecule has 2 nitrogen and oxygen atoms in total. The fraction of sp³-hybridized carbons (Fsp3) is 0. The molecule has 114 valence electrons. The zero-order valence-corrected chi connectivity index (χ0v) is 15.0. The smallest absolute Gasteiger partial charge is 0.185 e. The van der Waals surface area contributed by atoms with E-state index >= 15 is 0 Å². The van der Waals surface area contributed by atoms with E-state index in [1.165, 1.54) is 11.3 Å². The van der Waals surface area contributed by atoms with Gasteiger partial charge in [0.1, 0.15) is 5.01 Å². The Hall–Kier alpha value is -1.75. The van der Waals surface area contributed by atoms with E-state index in [0.717, 1.165) is 20.7 Å². The molecule has 0 unspecified atom stereocenters. The van der Waals surface area contributed by atoms with Gasteiger partial charge in [-0.05, 0) is 48.6 Å². The van der Waals surface area contributed by atoms with E-state index in [2.05, 4.69) is 20.9 Å². The van der Waals surface area contributed by atoms with Crippen LogP contribution in [0.1, 0.15) is 16.1 Å². The van der Waals surface area contributed by atoms with Crippen LogP contribution in [0.3, 0.4) is 0 Å². The number of benzene rings is 2. The second-order valence-electron chi connectivity index (χ2n) is 4.79. The molecule has 0 N–H and O–H groups in total. The Morgan fingerprint density at radius 2 is 1.78 bits per heavy atom. The summed E-state index contributed by atoms with van der Waals surface area (Å²) in [5.74, 6) is -0.0430.